The third-order valence-electron chi connectivity index (χ3n) is 4.22. The Morgan fingerprint density at radius 2 is 2.00 bits per heavy atom. The number of nitrogens with one attached hydrogen (secondary N) is 1. The maximum absolute atomic E-state index is 4.60. The Morgan fingerprint density at radius 1 is 1.20 bits per heavy atom. The molecule has 0 bridgehead atoms. The maximum Gasteiger partial charge on any atom is 0.0605 e. The molecule has 2 nitrogen and oxygen atoms in total. The van der Waals surface area contributed by atoms with Crippen molar-refractivity contribution >= 4 is 0 Å². The average Bonchev–Trinajstić information content (AvgIpc) is 2.48. The Labute approximate surface area is 121 Å². The standard InChI is InChI=1S/C18H22N2/c1-13-8-10-15(11-9-13)14(2)20-17-7-3-5-16-6-4-12-19-18(16)17/h4,6,8-12,14,17,20H,3,5,7H2,1-2H3/t14-,17?/m1/s1. The second-order valence-electron chi connectivity index (χ2n) is 5.79. The predicted molar refractivity (Wildman–Crippen MR) is 82.6 cm³/mol. The Hall–Kier alpha value is -1.67. The number of rotatable bonds is 3. The van der Waals surface area contributed by atoms with E-state index in [9.17, 15) is 0 Å². The fraction of sp³-hybridized carbons (Fsp3) is 0.389. The molecule has 1 aromatic heterocycles. The largest absolute Gasteiger partial charge is 0.302 e. The number of aryl methyl sites for hydroxylation is 2. The monoisotopic (exact) mass is 266 g/mol. The third kappa shape index (κ3) is 2.75. The molecule has 1 unspecified atom stereocenters. The Morgan fingerprint density at radius 3 is 2.80 bits per heavy atom. The van der Waals surface area contributed by atoms with Crippen LogP contribution >= 0.6 is 0 Å². The lowest BCUT2D eigenvalue weighted by Gasteiger charge is -2.28. The van der Waals surface area contributed by atoms with Gasteiger partial charge >= 0.3 is 0 Å². The molecular weight excluding hydrogens is 244 g/mol. The molecule has 1 aliphatic rings. The summed E-state index contributed by atoms with van der Waals surface area (Å²) < 4.78 is 0. The van der Waals surface area contributed by atoms with Gasteiger partial charge in [0.05, 0.1) is 11.7 Å². The van der Waals surface area contributed by atoms with Crippen LogP contribution in [0.3, 0.4) is 0 Å². The van der Waals surface area contributed by atoms with E-state index in [4.69, 9.17) is 0 Å². The zero-order valence-electron chi connectivity index (χ0n) is 12.3. The second kappa shape index (κ2) is 5.76. The van der Waals surface area contributed by atoms with Crippen molar-refractivity contribution in [2.75, 3.05) is 0 Å². The van der Waals surface area contributed by atoms with Crippen LogP contribution in [0.5, 0.6) is 0 Å². The highest BCUT2D eigenvalue weighted by atomic mass is 15.0. The first-order valence-corrected chi connectivity index (χ1v) is 7.50. The zero-order valence-corrected chi connectivity index (χ0v) is 12.3. The van der Waals surface area contributed by atoms with E-state index in [0.717, 1.165) is 0 Å². The molecule has 2 heteroatoms. The third-order valence-corrected chi connectivity index (χ3v) is 4.22. The Bertz CT molecular complexity index is 574. The van der Waals surface area contributed by atoms with Crippen LogP contribution in [0, 0.1) is 6.92 Å². The summed E-state index contributed by atoms with van der Waals surface area (Å²) in [7, 11) is 0. The molecule has 20 heavy (non-hydrogen) atoms. The molecule has 0 fully saturated rings. The SMILES string of the molecule is Cc1ccc([C@@H](C)NC2CCCc3cccnc32)cc1. The average molecular weight is 266 g/mol. The van der Waals surface area contributed by atoms with Crippen molar-refractivity contribution in [3.8, 4) is 0 Å². The number of aromatic nitrogens is 1. The van der Waals surface area contributed by atoms with Crippen LogP contribution in [0.1, 0.15) is 54.2 Å². The fourth-order valence-electron chi connectivity index (χ4n) is 3.02. The lowest BCUT2D eigenvalue weighted by Crippen LogP contribution is -2.28. The van der Waals surface area contributed by atoms with Crippen LogP contribution in [0.4, 0.5) is 0 Å². The highest BCUT2D eigenvalue weighted by molar-refractivity contribution is 5.27. The van der Waals surface area contributed by atoms with Gasteiger partial charge in [-0.1, -0.05) is 35.9 Å². The molecule has 1 heterocycles. The van der Waals surface area contributed by atoms with E-state index in [-0.39, 0.29) is 0 Å². The van der Waals surface area contributed by atoms with Crippen molar-refractivity contribution in [2.45, 2.75) is 45.2 Å². The summed E-state index contributed by atoms with van der Waals surface area (Å²) in [4.78, 5) is 4.60. The highest BCUT2D eigenvalue weighted by Crippen LogP contribution is 2.30. The smallest absolute Gasteiger partial charge is 0.0605 e. The van der Waals surface area contributed by atoms with Crippen molar-refractivity contribution in [3.05, 3.63) is 65.0 Å². The second-order valence-corrected chi connectivity index (χ2v) is 5.79. The van der Waals surface area contributed by atoms with Gasteiger partial charge in [0.2, 0.25) is 0 Å². The quantitative estimate of drug-likeness (QED) is 0.904. The minimum Gasteiger partial charge on any atom is -0.302 e. The van der Waals surface area contributed by atoms with Crippen LogP contribution in [0.25, 0.3) is 0 Å². The number of fused-ring (bicyclic) bond motifs is 1. The summed E-state index contributed by atoms with van der Waals surface area (Å²) >= 11 is 0. The molecule has 1 aliphatic carbocycles. The summed E-state index contributed by atoms with van der Waals surface area (Å²) in [5.41, 5.74) is 5.31. The number of benzene rings is 1. The van der Waals surface area contributed by atoms with Gasteiger partial charge in [-0.25, -0.2) is 0 Å². The molecule has 1 N–H and O–H groups in total. The maximum atomic E-state index is 4.60. The van der Waals surface area contributed by atoms with Crippen LogP contribution in [0.2, 0.25) is 0 Å². The molecule has 0 spiro atoms. The van der Waals surface area contributed by atoms with Crippen LogP contribution in [0.15, 0.2) is 42.6 Å². The van der Waals surface area contributed by atoms with E-state index in [0.29, 0.717) is 12.1 Å². The van der Waals surface area contributed by atoms with Gasteiger partial charge in [0.15, 0.2) is 0 Å². The van der Waals surface area contributed by atoms with Crippen molar-refractivity contribution < 1.29 is 0 Å². The molecule has 0 amide bonds. The van der Waals surface area contributed by atoms with E-state index in [1.807, 2.05) is 12.3 Å². The van der Waals surface area contributed by atoms with Gasteiger partial charge in [-0.15, -0.1) is 0 Å². The highest BCUT2D eigenvalue weighted by Gasteiger charge is 2.22. The molecule has 104 valence electrons. The first-order valence-electron chi connectivity index (χ1n) is 7.50. The molecule has 2 aromatic rings. The van der Waals surface area contributed by atoms with Crippen LogP contribution in [-0.4, -0.2) is 4.98 Å². The molecule has 0 aliphatic heterocycles. The lowest BCUT2D eigenvalue weighted by molar-refractivity contribution is 0.406. The van der Waals surface area contributed by atoms with Gasteiger partial charge in [-0.3, -0.25) is 4.98 Å². The first-order chi connectivity index (χ1) is 9.74. The normalized spacial score (nSPS) is 19.4. The molecule has 1 aromatic carbocycles. The minimum atomic E-state index is 0.355. The molecule has 3 rings (SSSR count). The van der Waals surface area contributed by atoms with E-state index in [1.165, 1.54) is 41.6 Å². The molecule has 0 saturated heterocycles. The van der Waals surface area contributed by atoms with Gasteiger partial charge in [-0.05, 0) is 50.3 Å². The zero-order chi connectivity index (χ0) is 13.9. The number of nitrogens with zero attached hydrogens (tertiary/aromatic N) is 1. The Kier molecular flexibility index (Phi) is 3.83. The van der Waals surface area contributed by atoms with E-state index in [2.05, 4.69) is 54.5 Å². The van der Waals surface area contributed by atoms with E-state index >= 15 is 0 Å². The molecule has 0 radical (unpaired) electrons. The predicted octanol–water partition coefficient (Wildman–Crippen LogP) is 4.12. The van der Waals surface area contributed by atoms with Gasteiger partial charge in [0.1, 0.15) is 0 Å². The molecule has 2 atom stereocenters. The summed E-state index contributed by atoms with van der Waals surface area (Å²) in [6.07, 6.45) is 5.51. The molecular formula is C18H22N2. The number of hydrogen-bond donors (Lipinski definition) is 1. The summed E-state index contributed by atoms with van der Waals surface area (Å²) in [6, 6.07) is 13.8. The number of hydrogen-bond acceptors (Lipinski definition) is 2. The number of pyridine rings is 1. The summed E-state index contributed by atoms with van der Waals surface area (Å²) in [5.74, 6) is 0. The Balaban J connectivity index is 1.77. The van der Waals surface area contributed by atoms with E-state index in [1.54, 1.807) is 0 Å². The van der Waals surface area contributed by atoms with Crippen LogP contribution in [-0.2, 0) is 6.42 Å². The molecule has 0 saturated carbocycles. The summed E-state index contributed by atoms with van der Waals surface area (Å²) in [6.45, 7) is 4.37. The van der Waals surface area contributed by atoms with Gasteiger partial charge in [0, 0.05) is 12.2 Å². The minimum absolute atomic E-state index is 0.355. The van der Waals surface area contributed by atoms with Crippen molar-refractivity contribution in [2.24, 2.45) is 0 Å². The van der Waals surface area contributed by atoms with Crippen LogP contribution < -0.4 is 5.32 Å². The first kappa shape index (κ1) is 13.3. The topological polar surface area (TPSA) is 24.9 Å². The van der Waals surface area contributed by atoms with Gasteiger partial charge in [0.25, 0.3) is 0 Å². The summed E-state index contributed by atoms with van der Waals surface area (Å²) in [5, 5.41) is 3.75. The van der Waals surface area contributed by atoms with Crippen molar-refractivity contribution in [1.29, 1.82) is 0 Å². The fourth-order valence-corrected chi connectivity index (χ4v) is 3.02. The lowest BCUT2D eigenvalue weighted by atomic mass is 9.91. The van der Waals surface area contributed by atoms with Gasteiger partial charge < -0.3 is 5.32 Å². The van der Waals surface area contributed by atoms with Crippen molar-refractivity contribution in [1.82, 2.24) is 10.3 Å². The van der Waals surface area contributed by atoms with Crippen molar-refractivity contribution in [3.63, 3.8) is 0 Å². The van der Waals surface area contributed by atoms with E-state index < -0.39 is 0 Å². The van der Waals surface area contributed by atoms with Gasteiger partial charge in [-0.2, -0.15) is 0 Å².